The van der Waals surface area contributed by atoms with E-state index in [1.165, 1.54) is 18.4 Å². The van der Waals surface area contributed by atoms with Gasteiger partial charge < -0.3 is 24.6 Å². The topological polar surface area (TPSA) is 113 Å². The van der Waals surface area contributed by atoms with E-state index in [1.54, 1.807) is 16.9 Å². The monoisotopic (exact) mass is 549 g/mol. The Morgan fingerprint density at radius 1 is 1.32 bits per heavy atom. The van der Waals surface area contributed by atoms with E-state index in [9.17, 15) is 22.8 Å². The average Bonchev–Trinajstić information content (AvgIpc) is 3.70. The fourth-order valence-electron chi connectivity index (χ4n) is 4.81. The second-order valence-corrected chi connectivity index (χ2v) is 11.2. The van der Waals surface area contributed by atoms with Crippen molar-refractivity contribution in [3.05, 3.63) is 39.9 Å². The molecule has 38 heavy (non-hydrogen) atoms. The first-order chi connectivity index (χ1) is 18.0. The van der Waals surface area contributed by atoms with Crippen molar-refractivity contribution in [2.24, 2.45) is 0 Å². The molecule has 2 aliphatic heterocycles. The predicted octanol–water partition coefficient (Wildman–Crippen LogP) is 1.87. The number of hydrogen-bond donors (Lipinski definition) is 2. The second kappa shape index (κ2) is 10.2. The Morgan fingerprint density at radius 2 is 2.11 bits per heavy atom. The summed E-state index contributed by atoms with van der Waals surface area (Å²) in [7, 11) is 3.35. The van der Waals surface area contributed by atoms with Gasteiger partial charge >= 0.3 is 6.18 Å². The molecule has 5 rings (SSSR count). The molecule has 2 atom stereocenters. The predicted molar refractivity (Wildman–Crippen MR) is 132 cm³/mol. The molecule has 1 saturated carbocycles. The van der Waals surface area contributed by atoms with E-state index in [4.69, 9.17) is 9.47 Å². The lowest BCUT2D eigenvalue weighted by Crippen LogP contribution is -2.58. The van der Waals surface area contributed by atoms with Crippen molar-refractivity contribution >= 4 is 27.7 Å². The lowest BCUT2D eigenvalue weighted by atomic mass is 10.1. The highest BCUT2D eigenvalue weighted by atomic mass is 28.1. The highest BCUT2D eigenvalue weighted by molar-refractivity contribution is 6.16. The maximum absolute atomic E-state index is 13.3. The van der Waals surface area contributed by atoms with Crippen LogP contribution >= 0.6 is 0 Å². The number of piperazine rings is 1. The van der Waals surface area contributed by atoms with Crippen molar-refractivity contribution in [3.63, 3.8) is 0 Å². The normalized spacial score (nSPS) is 20.7. The van der Waals surface area contributed by atoms with Crippen molar-refractivity contribution in [2.75, 3.05) is 49.7 Å². The molecule has 0 spiro atoms. The maximum Gasteiger partial charge on any atom is 0.423 e. The molecule has 2 fully saturated rings. The summed E-state index contributed by atoms with van der Waals surface area (Å²) < 4.78 is 51.4. The van der Waals surface area contributed by atoms with Gasteiger partial charge in [0.15, 0.2) is 11.6 Å². The number of nitrogens with one attached hydrogen (secondary N) is 2. The van der Waals surface area contributed by atoms with Crippen molar-refractivity contribution < 1.29 is 27.4 Å². The van der Waals surface area contributed by atoms with E-state index in [2.05, 4.69) is 36.6 Å². The van der Waals surface area contributed by atoms with E-state index in [-0.39, 0.29) is 31.6 Å². The minimum absolute atomic E-state index is 0.0144. The quantitative estimate of drug-likeness (QED) is 0.379. The molecule has 10 nitrogen and oxygen atoms in total. The largest absolute Gasteiger partial charge is 0.487 e. The molecule has 203 valence electrons. The van der Waals surface area contributed by atoms with Crippen LogP contribution in [0.3, 0.4) is 0 Å². The van der Waals surface area contributed by atoms with Gasteiger partial charge in [-0.3, -0.25) is 9.59 Å². The van der Waals surface area contributed by atoms with Gasteiger partial charge in [-0.15, -0.1) is 0 Å². The molecule has 1 aliphatic carbocycles. The number of nitrogens with zero attached hydrogens (tertiary/aromatic N) is 4. The van der Waals surface area contributed by atoms with Gasteiger partial charge in [-0.25, -0.2) is 10.1 Å². The molecule has 1 saturated heterocycles. The third-order valence-electron chi connectivity index (χ3n) is 6.84. The second-order valence-electron chi connectivity index (χ2n) is 10.1. The van der Waals surface area contributed by atoms with Crippen molar-refractivity contribution in [3.8, 4) is 5.75 Å². The average molecular weight is 550 g/mol. The van der Waals surface area contributed by atoms with E-state index in [0.29, 0.717) is 32.2 Å². The molecule has 0 bridgehead atoms. The number of aromatic amines is 1. The Hall–Kier alpha value is -3.13. The van der Waals surface area contributed by atoms with Gasteiger partial charge in [0.2, 0.25) is 5.91 Å². The first-order valence-electron chi connectivity index (χ1n) is 12.4. The fourth-order valence-corrected chi connectivity index (χ4v) is 5.04. The van der Waals surface area contributed by atoms with Crippen LogP contribution in [0.1, 0.15) is 43.2 Å². The van der Waals surface area contributed by atoms with Crippen LogP contribution in [0.25, 0.3) is 0 Å². The summed E-state index contributed by atoms with van der Waals surface area (Å²) in [6.45, 7) is 3.75. The summed E-state index contributed by atoms with van der Waals surface area (Å²) in [5, 5.41) is 6.68. The number of ether oxygens (including phenoxy) is 2. The molecule has 4 heterocycles. The lowest BCUT2D eigenvalue weighted by molar-refractivity contribution is -0.138. The van der Waals surface area contributed by atoms with Crippen molar-refractivity contribution in [1.29, 1.82) is 0 Å². The third-order valence-corrected chi connectivity index (χ3v) is 7.11. The Labute approximate surface area is 220 Å². The number of alkyl halides is 3. The Bertz CT molecular complexity index is 1250. The van der Waals surface area contributed by atoms with Gasteiger partial charge in [-0.05, 0) is 37.3 Å². The zero-order chi connectivity index (χ0) is 27.1. The van der Waals surface area contributed by atoms with E-state index in [1.807, 2.05) is 6.20 Å². The van der Waals surface area contributed by atoms with Crippen LogP contribution in [0.5, 0.6) is 5.75 Å². The zero-order valence-corrected chi connectivity index (χ0v) is 21.8. The van der Waals surface area contributed by atoms with Gasteiger partial charge in [0.25, 0.3) is 5.56 Å². The van der Waals surface area contributed by atoms with Gasteiger partial charge in [0.05, 0.1) is 47.8 Å². The van der Waals surface area contributed by atoms with Gasteiger partial charge in [0, 0.05) is 31.0 Å². The van der Waals surface area contributed by atoms with Gasteiger partial charge in [0.1, 0.15) is 12.2 Å². The molecule has 0 aromatic carbocycles. The summed E-state index contributed by atoms with van der Waals surface area (Å²) in [6, 6.07) is 2.11. The molecular weight excluding hydrogens is 521 g/mol. The standard InChI is InChI=1S/C24H28F3N6O4Si/c1-23(38,30-17-10-29-31-22(35)20(17)24(25,26)27)13-36-7-4-19(34)32-5-6-33-16(11-32)12-37-18-8-15(14-2-3-14)9-28-21(18)33/h8-10,14,16H,2-7,11-13H2,1H3,(H2,30,31,35). The summed E-state index contributed by atoms with van der Waals surface area (Å²) in [6.07, 6.45) is 0.475. The first kappa shape index (κ1) is 26.5. The van der Waals surface area contributed by atoms with Gasteiger partial charge in [-0.2, -0.15) is 18.3 Å². The minimum atomic E-state index is -4.86. The summed E-state index contributed by atoms with van der Waals surface area (Å²) in [4.78, 5) is 33.1. The van der Waals surface area contributed by atoms with Crippen LogP contribution in [0.4, 0.5) is 24.7 Å². The number of carbonyl (C=O) groups is 1. The molecule has 3 aliphatic rings. The SMILES string of the molecule is CC([Si])(COCCC(=O)N1CCN2c3ncc(C4CC4)cc3OCC2C1)Nc1cn[nH]c(=O)c1C(F)(F)F. The minimum Gasteiger partial charge on any atom is -0.487 e. The third kappa shape index (κ3) is 5.80. The Kier molecular flexibility index (Phi) is 7.11. The zero-order valence-electron chi connectivity index (χ0n) is 20.8. The first-order valence-corrected chi connectivity index (χ1v) is 12.9. The summed E-state index contributed by atoms with van der Waals surface area (Å²) in [5.74, 6) is 2.16. The van der Waals surface area contributed by atoms with Crippen LogP contribution in [-0.2, 0) is 15.7 Å². The lowest BCUT2D eigenvalue weighted by Gasteiger charge is -2.44. The molecule has 14 heteroatoms. The number of halogens is 3. The number of hydrogen-bond acceptors (Lipinski definition) is 8. The number of rotatable bonds is 8. The summed E-state index contributed by atoms with van der Waals surface area (Å²) >= 11 is 0. The van der Waals surface area contributed by atoms with Gasteiger partial charge in [-0.1, -0.05) is 0 Å². The Morgan fingerprint density at radius 3 is 2.84 bits per heavy atom. The number of fused-ring (bicyclic) bond motifs is 3. The molecule has 2 aromatic rings. The van der Waals surface area contributed by atoms with Crippen LogP contribution in [-0.4, -0.2) is 86.9 Å². The Balaban J connectivity index is 1.10. The number of aromatic nitrogens is 3. The number of carbonyl (C=O) groups excluding carboxylic acids is 1. The summed E-state index contributed by atoms with van der Waals surface area (Å²) in [5.41, 5.74) is -1.98. The number of anilines is 2. The fraction of sp³-hybridized carbons (Fsp3) is 0.583. The molecule has 2 aromatic heterocycles. The highest BCUT2D eigenvalue weighted by Crippen LogP contribution is 2.43. The smallest absolute Gasteiger partial charge is 0.423 e. The van der Waals surface area contributed by atoms with Crippen LogP contribution < -0.4 is 20.5 Å². The number of pyridine rings is 1. The number of H-pyrrole nitrogens is 1. The highest BCUT2D eigenvalue weighted by Gasteiger charge is 2.39. The molecule has 3 radical (unpaired) electrons. The van der Waals surface area contributed by atoms with E-state index in [0.717, 1.165) is 17.8 Å². The van der Waals surface area contributed by atoms with E-state index < -0.39 is 28.1 Å². The van der Waals surface area contributed by atoms with Crippen molar-refractivity contribution in [2.45, 2.75) is 49.5 Å². The molecular formula is C24H28F3N6O4Si. The van der Waals surface area contributed by atoms with Crippen LogP contribution in [0.15, 0.2) is 23.3 Å². The van der Waals surface area contributed by atoms with Crippen molar-refractivity contribution in [1.82, 2.24) is 20.1 Å². The number of amides is 1. The molecule has 2 unspecified atom stereocenters. The molecule has 2 N–H and O–H groups in total. The maximum atomic E-state index is 13.3. The van der Waals surface area contributed by atoms with Crippen LogP contribution in [0.2, 0.25) is 0 Å². The van der Waals surface area contributed by atoms with E-state index >= 15 is 0 Å². The van der Waals surface area contributed by atoms with Crippen LogP contribution in [0, 0.1) is 0 Å². The molecule has 1 amide bonds.